The Bertz CT molecular complexity index is 723. The van der Waals surface area contributed by atoms with Gasteiger partial charge < -0.3 is 9.63 Å². The fourth-order valence-corrected chi connectivity index (χ4v) is 2.14. The lowest BCUT2D eigenvalue weighted by molar-refractivity contribution is 0.418. The fourth-order valence-electron chi connectivity index (χ4n) is 1.87. The molecule has 0 aliphatic heterocycles. The summed E-state index contributed by atoms with van der Waals surface area (Å²) in [6.45, 7) is 0. The Morgan fingerprint density at radius 1 is 1.05 bits per heavy atom. The van der Waals surface area contributed by atoms with E-state index < -0.39 is 0 Å². The van der Waals surface area contributed by atoms with Crippen molar-refractivity contribution in [3.8, 4) is 17.2 Å². The van der Waals surface area contributed by atoms with Crippen LogP contribution < -0.4 is 0 Å². The van der Waals surface area contributed by atoms with Gasteiger partial charge in [-0.05, 0) is 29.8 Å². The van der Waals surface area contributed by atoms with Crippen LogP contribution in [0.25, 0.3) is 11.5 Å². The lowest BCUT2D eigenvalue weighted by atomic mass is 10.1. The number of nitrogens with zero attached hydrogens (tertiary/aromatic N) is 2. The van der Waals surface area contributed by atoms with Crippen LogP contribution in [0.4, 0.5) is 0 Å². The number of para-hydroxylation sites is 1. The molecule has 3 aromatic rings. The second-order valence-corrected chi connectivity index (χ2v) is 5.25. The maximum atomic E-state index is 9.76. The zero-order chi connectivity index (χ0) is 13.9. The number of benzene rings is 2. The standard InChI is InChI=1S/C15H11BrN2O2/c16-11-7-5-10(6-8-11)9-14-17-15(20-18-14)12-3-1-2-4-13(12)19/h1-8,19H,9H2. The molecule has 0 bridgehead atoms. The third-order valence-electron chi connectivity index (χ3n) is 2.88. The number of hydrogen-bond donors (Lipinski definition) is 1. The van der Waals surface area contributed by atoms with E-state index >= 15 is 0 Å². The third kappa shape index (κ3) is 2.72. The summed E-state index contributed by atoms with van der Waals surface area (Å²) in [4.78, 5) is 4.31. The molecule has 0 aliphatic carbocycles. The molecule has 0 spiro atoms. The first kappa shape index (κ1) is 12.9. The van der Waals surface area contributed by atoms with Crippen LogP contribution >= 0.6 is 15.9 Å². The molecular formula is C15H11BrN2O2. The number of phenolic OH excluding ortho intramolecular Hbond substituents is 1. The predicted octanol–water partition coefficient (Wildman–Crippen LogP) is 3.80. The zero-order valence-electron chi connectivity index (χ0n) is 10.5. The number of aromatic hydroxyl groups is 1. The lowest BCUT2D eigenvalue weighted by Gasteiger charge is -1.97. The molecule has 0 amide bonds. The molecule has 0 saturated carbocycles. The summed E-state index contributed by atoms with van der Waals surface area (Å²) in [6, 6.07) is 14.8. The Kier molecular flexibility index (Phi) is 3.52. The average Bonchev–Trinajstić information content (AvgIpc) is 2.90. The molecule has 1 aromatic heterocycles. The SMILES string of the molecule is Oc1ccccc1-c1nc(Cc2ccc(Br)cc2)no1. The largest absolute Gasteiger partial charge is 0.507 e. The highest BCUT2D eigenvalue weighted by Gasteiger charge is 2.12. The van der Waals surface area contributed by atoms with E-state index in [1.54, 1.807) is 18.2 Å². The number of hydrogen-bond acceptors (Lipinski definition) is 4. The highest BCUT2D eigenvalue weighted by atomic mass is 79.9. The lowest BCUT2D eigenvalue weighted by Crippen LogP contribution is -1.90. The van der Waals surface area contributed by atoms with Crippen molar-refractivity contribution in [1.29, 1.82) is 0 Å². The van der Waals surface area contributed by atoms with Crippen molar-refractivity contribution in [3.63, 3.8) is 0 Å². The smallest absolute Gasteiger partial charge is 0.261 e. The Morgan fingerprint density at radius 3 is 2.55 bits per heavy atom. The van der Waals surface area contributed by atoms with Crippen molar-refractivity contribution in [2.24, 2.45) is 0 Å². The quantitative estimate of drug-likeness (QED) is 0.793. The van der Waals surface area contributed by atoms with E-state index in [-0.39, 0.29) is 5.75 Å². The first-order valence-corrected chi connectivity index (χ1v) is 6.87. The van der Waals surface area contributed by atoms with Crippen molar-refractivity contribution < 1.29 is 9.63 Å². The van der Waals surface area contributed by atoms with Crippen LogP contribution in [0.5, 0.6) is 5.75 Å². The highest BCUT2D eigenvalue weighted by molar-refractivity contribution is 9.10. The molecule has 0 atom stereocenters. The van der Waals surface area contributed by atoms with Crippen LogP contribution in [0, 0.1) is 0 Å². The molecule has 0 saturated heterocycles. The van der Waals surface area contributed by atoms with E-state index in [9.17, 15) is 5.11 Å². The van der Waals surface area contributed by atoms with Gasteiger partial charge in [0, 0.05) is 10.9 Å². The number of halogens is 1. The minimum atomic E-state index is 0.131. The van der Waals surface area contributed by atoms with Gasteiger partial charge in [0.1, 0.15) is 5.75 Å². The third-order valence-corrected chi connectivity index (χ3v) is 3.41. The van der Waals surface area contributed by atoms with Gasteiger partial charge in [-0.15, -0.1) is 0 Å². The fraction of sp³-hybridized carbons (Fsp3) is 0.0667. The van der Waals surface area contributed by atoms with E-state index in [0.717, 1.165) is 10.0 Å². The van der Waals surface area contributed by atoms with Crippen LogP contribution in [0.15, 0.2) is 57.5 Å². The molecular weight excluding hydrogens is 320 g/mol. The Labute approximate surface area is 124 Å². The van der Waals surface area contributed by atoms with Gasteiger partial charge in [-0.25, -0.2) is 0 Å². The predicted molar refractivity (Wildman–Crippen MR) is 78.3 cm³/mol. The van der Waals surface area contributed by atoms with Crippen molar-refractivity contribution in [1.82, 2.24) is 10.1 Å². The van der Waals surface area contributed by atoms with Gasteiger partial charge in [-0.2, -0.15) is 4.98 Å². The summed E-state index contributed by atoms with van der Waals surface area (Å²) in [7, 11) is 0. The zero-order valence-corrected chi connectivity index (χ0v) is 12.0. The Hall–Kier alpha value is -2.14. The molecule has 0 aliphatic rings. The summed E-state index contributed by atoms with van der Waals surface area (Å²) in [5.41, 5.74) is 1.64. The van der Waals surface area contributed by atoms with Gasteiger partial charge in [-0.3, -0.25) is 0 Å². The summed E-state index contributed by atoms with van der Waals surface area (Å²) in [6.07, 6.45) is 0.588. The number of aromatic nitrogens is 2. The van der Waals surface area contributed by atoms with Crippen LogP contribution in [0.1, 0.15) is 11.4 Å². The van der Waals surface area contributed by atoms with Crippen LogP contribution in [0.3, 0.4) is 0 Å². The van der Waals surface area contributed by atoms with Gasteiger partial charge in [0.15, 0.2) is 5.82 Å². The van der Waals surface area contributed by atoms with E-state index in [0.29, 0.717) is 23.7 Å². The van der Waals surface area contributed by atoms with Crippen molar-refractivity contribution in [3.05, 3.63) is 64.4 Å². The molecule has 4 nitrogen and oxygen atoms in total. The summed E-state index contributed by atoms with van der Waals surface area (Å²) >= 11 is 3.40. The van der Waals surface area contributed by atoms with Gasteiger partial charge in [0.25, 0.3) is 5.89 Å². The maximum absolute atomic E-state index is 9.76. The number of phenols is 1. The average molecular weight is 331 g/mol. The van der Waals surface area contributed by atoms with Crippen LogP contribution in [-0.2, 0) is 6.42 Å². The number of rotatable bonds is 3. The molecule has 2 aromatic carbocycles. The van der Waals surface area contributed by atoms with Crippen LogP contribution in [0.2, 0.25) is 0 Å². The summed E-state index contributed by atoms with van der Waals surface area (Å²) < 4.78 is 6.23. The molecule has 1 N–H and O–H groups in total. The molecule has 3 rings (SSSR count). The molecule has 100 valence electrons. The normalized spacial score (nSPS) is 10.7. The van der Waals surface area contributed by atoms with E-state index in [4.69, 9.17) is 4.52 Å². The molecule has 1 heterocycles. The van der Waals surface area contributed by atoms with Gasteiger partial charge in [0.05, 0.1) is 5.56 Å². The van der Waals surface area contributed by atoms with Gasteiger partial charge in [-0.1, -0.05) is 45.4 Å². The second kappa shape index (κ2) is 5.46. The summed E-state index contributed by atoms with van der Waals surface area (Å²) in [5.74, 6) is 1.05. The molecule has 0 unspecified atom stereocenters. The Balaban J connectivity index is 1.84. The van der Waals surface area contributed by atoms with Crippen molar-refractivity contribution in [2.45, 2.75) is 6.42 Å². The summed E-state index contributed by atoms with van der Waals surface area (Å²) in [5, 5.41) is 13.7. The first-order chi connectivity index (χ1) is 9.72. The van der Waals surface area contributed by atoms with Crippen molar-refractivity contribution >= 4 is 15.9 Å². The van der Waals surface area contributed by atoms with Crippen LogP contribution in [-0.4, -0.2) is 15.2 Å². The van der Waals surface area contributed by atoms with E-state index in [1.165, 1.54) is 0 Å². The molecule has 0 radical (unpaired) electrons. The molecule has 5 heteroatoms. The second-order valence-electron chi connectivity index (χ2n) is 4.34. The monoisotopic (exact) mass is 330 g/mol. The maximum Gasteiger partial charge on any atom is 0.261 e. The first-order valence-electron chi connectivity index (χ1n) is 6.08. The van der Waals surface area contributed by atoms with E-state index in [1.807, 2.05) is 30.3 Å². The minimum absolute atomic E-state index is 0.131. The molecule has 0 fully saturated rings. The molecule has 20 heavy (non-hydrogen) atoms. The van der Waals surface area contributed by atoms with Gasteiger partial charge >= 0.3 is 0 Å². The minimum Gasteiger partial charge on any atom is -0.507 e. The highest BCUT2D eigenvalue weighted by Crippen LogP contribution is 2.27. The van der Waals surface area contributed by atoms with Crippen molar-refractivity contribution in [2.75, 3.05) is 0 Å². The van der Waals surface area contributed by atoms with E-state index in [2.05, 4.69) is 26.1 Å². The Morgan fingerprint density at radius 2 is 1.80 bits per heavy atom. The van der Waals surface area contributed by atoms with Gasteiger partial charge in [0.2, 0.25) is 0 Å². The topological polar surface area (TPSA) is 59.2 Å².